The second-order valence-electron chi connectivity index (χ2n) is 13.3. The molecule has 1 aliphatic heterocycles. The number of Topliss-reactive ketones (excluding diaryl/α,β-unsaturated/α-hetero) is 1. The molecule has 0 radical (unpaired) electrons. The lowest BCUT2D eigenvalue weighted by atomic mass is 9.38. The Morgan fingerprint density at radius 3 is 2.08 bits per heavy atom. The lowest BCUT2D eigenvalue weighted by Crippen LogP contribution is -2.75. The number of hydrogen-bond acceptors (Lipinski definition) is 9. The van der Waals surface area contributed by atoms with Gasteiger partial charge < -0.3 is 23.7 Å². The van der Waals surface area contributed by atoms with Crippen LogP contribution in [0.15, 0.2) is 12.2 Å². The zero-order valence-electron chi connectivity index (χ0n) is 23.7. The van der Waals surface area contributed by atoms with E-state index in [9.17, 15) is 19.2 Å². The molecule has 210 valence electrons. The highest BCUT2D eigenvalue weighted by Crippen LogP contribution is 2.75. The third kappa shape index (κ3) is 3.36. The maximum absolute atomic E-state index is 14.6. The smallest absolute Gasteiger partial charge is 0.302 e. The molecule has 1 spiro atoms. The Bertz CT molecular complexity index is 1120. The van der Waals surface area contributed by atoms with E-state index in [4.69, 9.17) is 23.7 Å². The minimum atomic E-state index is -1.44. The molecule has 0 aromatic carbocycles. The van der Waals surface area contributed by atoms with Crippen LogP contribution in [-0.2, 0) is 42.9 Å². The summed E-state index contributed by atoms with van der Waals surface area (Å²) in [5.41, 5.74) is -3.49. The van der Waals surface area contributed by atoms with Crippen molar-refractivity contribution in [2.75, 3.05) is 0 Å². The molecule has 9 heteroatoms. The largest absolute Gasteiger partial charge is 0.462 e. The number of hydrogen-bond donors (Lipinski definition) is 0. The highest BCUT2D eigenvalue weighted by molar-refractivity contribution is 6.07. The summed E-state index contributed by atoms with van der Waals surface area (Å²) in [6.07, 6.45) is -1.12. The van der Waals surface area contributed by atoms with Crippen molar-refractivity contribution in [1.82, 2.24) is 0 Å². The molecular weight excluding hydrogens is 492 g/mol. The van der Waals surface area contributed by atoms with Gasteiger partial charge in [-0.2, -0.15) is 0 Å². The van der Waals surface area contributed by atoms with E-state index in [1.807, 2.05) is 6.92 Å². The average molecular weight is 533 g/mol. The van der Waals surface area contributed by atoms with Gasteiger partial charge in [-0.15, -0.1) is 0 Å². The van der Waals surface area contributed by atoms with Crippen molar-refractivity contribution in [3.05, 3.63) is 12.2 Å². The Kier molecular flexibility index (Phi) is 5.84. The van der Waals surface area contributed by atoms with Crippen molar-refractivity contribution >= 4 is 23.7 Å². The molecule has 5 fully saturated rings. The highest BCUT2D eigenvalue weighted by Gasteiger charge is 2.86. The van der Waals surface area contributed by atoms with Crippen molar-refractivity contribution in [3.63, 3.8) is 0 Å². The molecule has 2 bridgehead atoms. The van der Waals surface area contributed by atoms with Gasteiger partial charge in [0.05, 0.1) is 0 Å². The molecule has 0 N–H and O–H groups in total. The van der Waals surface area contributed by atoms with E-state index >= 15 is 0 Å². The van der Waals surface area contributed by atoms with E-state index in [0.717, 1.165) is 6.42 Å². The topological polar surface area (TPSA) is 114 Å². The van der Waals surface area contributed by atoms with E-state index in [2.05, 4.69) is 20.4 Å². The quantitative estimate of drug-likeness (QED) is 0.305. The Balaban J connectivity index is 1.83. The number of fused-ring (bicyclic) bond motifs is 2. The number of carbonyl (C=O) groups is 4. The first kappa shape index (κ1) is 27.3. The summed E-state index contributed by atoms with van der Waals surface area (Å²) in [6, 6.07) is 0. The monoisotopic (exact) mass is 532 g/mol. The van der Waals surface area contributed by atoms with Crippen LogP contribution >= 0.6 is 0 Å². The molecule has 5 rings (SSSR count). The van der Waals surface area contributed by atoms with Crippen molar-refractivity contribution in [2.45, 2.75) is 117 Å². The van der Waals surface area contributed by atoms with Crippen LogP contribution in [0.2, 0.25) is 0 Å². The molecule has 0 aromatic rings. The molecule has 0 amide bonds. The molecule has 9 atom stereocenters. The summed E-state index contributed by atoms with van der Waals surface area (Å²) in [5, 5.41) is 0. The average Bonchev–Trinajstić information content (AvgIpc) is 3.10. The number of ether oxygens (including phenoxy) is 5. The molecule has 1 heterocycles. The van der Waals surface area contributed by atoms with Crippen LogP contribution in [0.25, 0.3) is 0 Å². The molecular formula is C29H40O9. The first-order valence-corrected chi connectivity index (χ1v) is 13.6. The van der Waals surface area contributed by atoms with E-state index < -0.39 is 70.5 Å². The van der Waals surface area contributed by atoms with E-state index in [1.54, 1.807) is 13.8 Å². The summed E-state index contributed by atoms with van der Waals surface area (Å²) in [5.74, 6) is -3.59. The van der Waals surface area contributed by atoms with E-state index in [1.165, 1.54) is 20.8 Å². The van der Waals surface area contributed by atoms with Gasteiger partial charge in [-0.25, -0.2) is 0 Å². The minimum Gasteiger partial charge on any atom is -0.462 e. The minimum absolute atomic E-state index is 0.129. The standard InChI is InChI=1S/C29H40O9/c1-14-23(33)29-21(36-17(4)32)12-19-25(5,6)11-10-20(35-16(3)31)27(19,9)22(29)18(34-15(2)30)13-28(14)24(29)37-26(7,8)38-28/h18-22,24H,1,10-13H2,2-9H3/t18-,19+,20+,21+,22-,24-,27-,28+,29-/m0/s1. The fourth-order valence-electron chi connectivity index (χ4n) is 9.41. The number of ketones is 1. The Morgan fingerprint density at radius 1 is 0.921 bits per heavy atom. The number of rotatable bonds is 3. The summed E-state index contributed by atoms with van der Waals surface area (Å²) >= 11 is 0. The Morgan fingerprint density at radius 2 is 1.50 bits per heavy atom. The molecule has 9 nitrogen and oxygen atoms in total. The second kappa shape index (κ2) is 8.13. The predicted molar refractivity (Wildman–Crippen MR) is 133 cm³/mol. The van der Waals surface area contributed by atoms with Crippen molar-refractivity contribution in [2.24, 2.45) is 28.1 Å². The van der Waals surface area contributed by atoms with Gasteiger partial charge in [0.15, 0.2) is 11.6 Å². The van der Waals surface area contributed by atoms with Crippen LogP contribution in [0.3, 0.4) is 0 Å². The summed E-state index contributed by atoms with van der Waals surface area (Å²) in [6.45, 7) is 18.2. The molecule has 4 saturated carbocycles. The van der Waals surface area contributed by atoms with E-state index in [-0.39, 0.29) is 29.1 Å². The fourth-order valence-corrected chi connectivity index (χ4v) is 9.41. The first-order chi connectivity index (χ1) is 17.4. The number of esters is 3. The van der Waals surface area contributed by atoms with Crippen LogP contribution in [0.5, 0.6) is 0 Å². The summed E-state index contributed by atoms with van der Waals surface area (Å²) in [7, 11) is 0. The van der Waals surface area contributed by atoms with Crippen LogP contribution in [0.4, 0.5) is 0 Å². The normalized spacial score (nSPS) is 45.9. The molecule has 38 heavy (non-hydrogen) atoms. The van der Waals surface area contributed by atoms with Gasteiger partial charge in [-0.05, 0) is 44.4 Å². The second-order valence-corrected chi connectivity index (χ2v) is 13.3. The zero-order chi connectivity index (χ0) is 28.2. The lowest BCUT2D eigenvalue weighted by Gasteiger charge is -2.68. The van der Waals surface area contributed by atoms with Crippen LogP contribution < -0.4 is 0 Å². The van der Waals surface area contributed by atoms with Gasteiger partial charge in [0, 0.05) is 44.1 Å². The third-order valence-corrected chi connectivity index (χ3v) is 10.3. The van der Waals surface area contributed by atoms with Gasteiger partial charge in [0.25, 0.3) is 0 Å². The highest BCUT2D eigenvalue weighted by atomic mass is 16.8. The third-order valence-electron chi connectivity index (χ3n) is 10.3. The van der Waals surface area contributed by atoms with Crippen LogP contribution in [0, 0.1) is 28.1 Å². The van der Waals surface area contributed by atoms with Gasteiger partial charge in [0.2, 0.25) is 0 Å². The molecule has 0 aromatic heterocycles. The predicted octanol–water partition coefficient (Wildman–Crippen LogP) is 3.66. The Labute approximate surface area is 223 Å². The van der Waals surface area contributed by atoms with Gasteiger partial charge in [0.1, 0.15) is 35.4 Å². The van der Waals surface area contributed by atoms with Crippen LogP contribution in [-0.4, -0.2) is 59.5 Å². The van der Waals surface area contributed by atoms with Crippen molar-refractivity contribution in [3.8, 4) is 0 Å². The summed E-state index contributed by atoms with van der Waals surface area (Å²) in [4.78, 5) is 52.0. The lowest BCUT2D eigenvalue weighted by molar-refractivity contribution is -0.285. The molecule has 4 aliphatic carbocycles. The molecule has 5 aliphatic rings. The van der Waals surface area contributed by atoms with Gasteiger partial charge in [-0.1, -0.05) is 27.4 Å². The summed E-state index contributed by atoms with van der Waals surface area (Å²) < 4.78 is 31.1. The maximum atomic E-state index is 14.6. The first-order valence-electron chi connectivity index (χ1n) is 13.6. The van der Waals surface area contributed by atoms with Gasteiger partial charge >= 0.3 is 17.9 Å². The van der Waals surface area contributed by atoms with Gasteiger partial charge in [-0.3, -0.25) is 19.2 Å². The zero-order valence-corrected chi connectivity index (χ0v) is 23.7. The Hall–Kier alpha value is -2.26. The molecule has 0 unspecified atom stereocenters. The van der Waals surface area contributed by atoms with Crippen LogP contribution in [0.1, 0.15) is 81.1 Å². The van der Waals surface area contributed by atoms with Crippen molar-refractivity contribution in [1.29, 1.82) is 0 Å². The molecule has 1 saturated heterocycles. The number of carbonyl (C=O) groups excluding carboxylic acids is 4. The maximum Gasteiger partial charge on any atom is 0.302 e. The fraction of sp³-hybridized carbons (Fsp3) is 0.793. The van der Waals surface area contributed by atoms with Crippen molar-refractivity contribution < 1.29 is 42.9 Å². The van der Waals surface area contributed by atoms with E-state index in [0.29, 0.717) is 12.8 Å². The SMILES string of the molecule is C=C1C(=O)[C@@]23[C@H]4OC(C)(C)O[C@]14C[C@H](OC(C)=O)[C@H]2[C@@]1(C)[C@H](C[C@H]3OC(C)=O)C(C)(C)CC[C@H]1OC(C)=O.